The zero-order chi connectivity index (χ0) is 32.5. The first kappa shape index (κ1) is 34.1. The molecular formula is C29H40O14. The van der Waals surface area contributed by atoms with Crippen molar-refractivity contribution in [3.63, 3.8) is 0 Å². The van der Waals surface area contributed by atoms with Crippen LogP contribution in [0.15, 0.2) is 12.2 Å². The fraction of sp³-hybridized carbons (Fsp3) is 0.724. The first-order valence-corrected chi connectivity index (χ1v) is 13.9. The maximum Gasteiger partial charge on any atom is 0.303 e. The van der Waals surface area contributed by atoms with Gasteiger partial charge in [-0.3, -0.25) is 28.8 Å². The van der Waals surface area contributed by atoms with E-state index in [1.807, 2.05) is 6.92 Å². The number of epoxide rings is 1. The number of esters is 5. The van der Waals surface area contributed by atoms with Crippen molar-refractivity contribution < 1.29 is 66.7 Å². The lowest BCUT2D eigenvalue weighted by Crippen LogP contribution is -2.65. The minimum Gasteiger partial charge on any atom is -0.463 e. The van der Waals surface area contributed by atoms with Crippen LogP contribution in [0.1, 0.15) is 68.7 Å². The molecule has 0 aromatic carbocycles. The highest BCUT2D eigenvalue weighted by Crippen LogP contribution is 2.67. The summed E-state index contributed by atoms with van der Waals surface area (Å²) in [7, 11) is 0. The van der Waals surface area contributed by atoms with Gasteiger partial charge in [-0.1, -0.05) is 13.8 Å². The predicted octanol–water partition coefficient (Wildman–Crippen LogP) is 1.49. The summed E-state index contributed by atoms with van der Waals surface area (Å²) >= 11 is 0. The summed E-state index contributed by atoms with van der Waals surface area (Å²) < 4.78 is 46.0. The van der Waals surface area contributed by atoms with Crippen LogP contribution in [-0.4, -0.2) is 96.4 Å². The molecule has 0 N–H and O–H groups in total. The quantitative estimate of drug-likeness (QED) is 0.150. The molecule has 2 heterocycles. The van der Waals surface area contributed by atoms with E-state index in [1.165, 1.54) is 26.8 Å². The molecule has 3 fully saturated rings. The van der Waals surface area contributed by atoms with E-state index in [2.05, 4.69) is 0 Å². The van der Waals surface area contributed by atoms with Crippen LogP contribution in [0.4, 0.5) is 0 Å². The van der Waals surface area contributed by atoms with Gasteiger partial charge in [0.15, 0.2) is 30.4 Å². The van der Waals surface area contributed by atoms with Crippen LogP contribution >= 0.6 is 0 Å². The van der Waals surface area contributed by atoms with Gasteiger partial charge in [-0.15, -0.1) is 0 Å². The second kappa shape index (κ2) is 12.7. The van der Waals surface area contributed by atoms with Gasteiger partial charge in [-0.25, -0.2) is 0 Å². The Hall–Kier alpha value is -3.36. The Bertz CT molecular complexity index is 1180. The predicted molar refractivity (Wildman–Crippen MR) is 143 cm³/mol. The van der Waals surface area contributed by atoms with Crippen LogP contribution in [0.2, 0.25) is 0 Å². The van der Waals surface area contributed by atoms with E-state index in [1.54, 1.807) is 19.9 Å². The summed E-state index contributed by atoms with van der Waals surface area (Å²) in [5, 5.41) is 0. The molecule has 3 aliphatic rings. The van der Waals surface area contributed by atoms with E-state index in [-0.39, 0.29) is 12.2 Å². The molecule has 0 amide bonds. The highest BCUT2D eigenvalue weighted by Gasteiger charge is 2.79. The summed E-state index contributed by atoms with van der Waals surface area (Å²) in [6.07, 6.45) is -5.65. The van der Waals surface area contributed by atoms with Gasteiger partial charge in [0.2, 0.25) is 0 Å². The summed E-state index contributed by atoms with van der Waals surface area (Å²) in [5.41, 5.74) is -2.80. The molecular weight excluding hydrogens is 572 g/mol. The van der Waals surface area contributed by atoms with Gasteiger partial charge in [0, 0.05) is 46.5 Å². The van der Waals surface area contributed by atoms with E-state index in [4.69, 9.17) is 37.9 Å². The number of fused-ring (bicyclic) bond motifs is 1. The number of ether oxygens (including phenoxy) is 8. The van der Waals surface area contributed by atoms with Crippen molar-refractivity contribution in [2.75, 3.05) is 6.61 Å². The minimum absolute atomic E-state index is 0.142. The fourth-order valence-electron chi connectivity index (χ4n) is 6.15. The van der Waals surface area contributed by atoms with Crippen LogP contribution in [0.25, 0.3) is 0 Å². The average Bonchev–Trinajstić information content (AvgIpc) is 3.48. The van der Waals surface area contributed by atoms with Gasteiger partial charge in [-0.05, 0) is 26.0 Å². The number of hydrogen-bond donors (Lipinski definition) is 0. The SMILES string of the molecule is CC(=O)/C=C/[C@@]12O[C@]1(C)C[C@@H](O[C@@H]1O[C@H](COC(C)=O)[C@@H](OC(C)=O)[C@H](OC(C)=O)[C@H]1OC(C)=O)[C@@H](OC(C)=O)C2(C)C. The van der Waals surface area contributed by atoms with Crippen molar-refractivity contribution in [3.8, 4) is 0 Å². The second-order valence-corrected chi connectivity index (χ2v) is 11.7. The Kier molecular flexibility index (Phi) is 10.1. The molecule has 9 atom stereocenters. The van der Waals surface area contributed by atoms with E-state index in [0.29, 0.717) is 0 Å². The average molecular weight is 613 g/mol. The zero-order valence-corrected chi connectivity index (χ0v) is 25.8. The molecule has 14 heteroatoms. The third-order valence-electron chi connectivity index (χ3n) is 7.83. The summed E-state index contributed by atoms with van der Waals surface area (Å²) in [5.74, 6) is -3.80. The van der Waals surface area contributed by atoms with Crippen molar-refractivity contribution in [3.05, 3.63) is 12.2 Å². The molecule has 1 aliphatic carbocycles. The van der Waals surface area contributed by atoms with Crippen LogP contribution in [-0.2, 0) is 66.7 Å². The molecule has 0 bridgehead atoms. The van der Waals surface area contributed by atoms with E-state index in [0.717, 1.165) is 20.8 Å². The topological polar surface area (TPSA) is 180 Å². The number of rotatable bonds is 10. The molecule has 240 valence electrons. The van der Waals surface area contributed by atoms with Crippen LogP contribution < -0.4 is 0 Å². The normalized spacial score (nSPS) is 36.1. The Labute approximate surface area is 249 Å². The molecule has 14 nitrogen and oxygen atoms in total. The van der Waals surface area contributed by atoms with Crippen LogP contribution in [0, 0.1) is 5.41 Å². The first-order valence-electron chi connectivity index (χ1n) is 13.9. The Morgan fingerprint density at radius 3 is 1.79 bits per heavy atom. The molecule has 2 aliphatic heterocycles. The Balaban J connectivity index is 2.06. The molecule has 0 aromatic heterocycles. The zero-order valence-electron chi connectivity index (χ0n) is 25.8. The molecule has 0 unspecified atom stereocenters. The van der Waals surface area contributed by atoms with E-state index >= 15 is 0 Å². The highest BCUT2D eigenvalue weighted by atomic mass is 16.7. The monoisotopic (exact) mass is 612 g/mol. The van der Waals surface area contributed by atoms with Crippen molar-refractivity contribution in [2.24, 2.45) is 5.41 Å². The van der Waals surface area contributed by atoms with Gasteiger partial charge in [0.1, 0.15) is 36.1 Å². The van der Waals surface area contributed by atoms with Gasteiger partial charge >= 0.3 is 29.8 Å². The maximum atomic E-state index is 12.3. The smallest absolute Gasteiger partial charge is 0.303 e. The molecule has 0 aromatic rings. The van der Waals surface area contributed by atoms with Crippen LogP contribution in [0.3, 0.4) is 0 Å². The third kappa shape index (κ3) is 7.24. The second-order valence-electron chi connectivity index (χ2n) is 11.7. The Morgan fingerprint density at radius 2 is 1.28 bits per heavy atom. The molecule has 0 spiro atoms. The molecule has 3 rings (SSSR count). The van der Waals surface area contributed by atoms with Crippen molar-refractivity contribution in [1.29, 1.82) is 0 Å². The minimum atomic E-state index is -1.48. The van der Waals surface area contributed by atoms with Crippen molar-refractivity contribution in [2.45, 2.75) is 123 Å². The summed E-state index contributed by atoms with van der Waals surface area (Å²) in [4.78, 5) is 72.1. The van der Waals surface area contributed by atoms with Crippen LogP contribution in [0.5, 0.6) is 0 Å². The molecule has 0 radical (unpaired) electrons. The largest absolute Gasteiger partial charge is 0.463 e. The third-order valence-corrected chi connectivity index (χ3v) is 7.83. The fourth-order valence-corrected chi connectivity index (χ4v) is 6.15. The highest BCUT2D eigenvalue weighted by molar-refractivity contribution is 5.87. The van der Waals surface area contributed by atoms with Gasteiger partial charge in [-0.2, -0.15) is 0 Å². The maximum absolute atomic E-state index is 12.3. The van der Waals surface area contributed by atoms with Crippen molar-refractivity contribution >= 4 is 35.6 Å². The molecule has 2 saturated heterocycles. The molecule has 43 heavy (non-hydrogen) atoms. The van der Waals surface area contributed by atoms with E-state index < -0.39 is 96.0 Å². The Morgan fingerprint density at radius 1 is 0.744 bits per heavy atom. The lowest BCUT2D eigenvalue weighted by atomic mass is 9.61. The number of allylic oxidation sites excluding steroid dienone is 1. The number of carbonyl (C=O) groups excluding carboxylic acids is 6. The van der Waals surface area contributed by atoms with Crippen molar-refractivity contribution in [1.82, 2.24) is 0 Å². The first-order chi connectivity index (χ1) is 19.8. The number of hydrogen-bond acceptors (Lipinski definition) is 14. The summed E-state index contributed by atoms with van der Waals surface area (Å²) in [6, 6.07) is 0. The van der Waals surface area contributed by atoms with Gasteiger partial charge in [0.05, 0.1) is 0 Å². The van der Waals surface area contributed by atoms with E-state index in [9.17, 15) is 28.8 Å². The lowest BCUT2D eigenvalue weighted by Gasteiger charge is -2.49. The van der Waals surface area contributed by atoms with Gasteiger partial charge in [0.25, 0.3) is 0 Å². The number of ketones is 1. The standard InChI is InChI=1S/C29H40O14/c1-14(30)10-11-29-27(7,8)25(40-19(6)35)20(12-28(29,9)43-29)41-26-24(39-18(5)34)23(38-17(4)33)22(37-16(3)32)21(42-26)13-36-15(2)31/h10-11,20-26H,12-13H2,1-9H3/b11-10+/t20-,21-,22-,23+,24-,25-,26-,28-,29+/m1/s1. The van der Waals surface area contributed by atoms with Gasteiger partial charge < -0.3 is 37.9 Å². The number of carbonyl (C=O) groups is 6. The summed E-state index contributed by atoms with van der Waals surface area (Å²) in [6.45, 7) is 12.2. The lowest BCUT2D eigenvalue weighted by molar-refractivity contribution is -0.327. The molecule has 1 saturated carbocycles.